The van der Waals surface area contributed by atoms with Gasteiger partial charge in [-0.1, -0.05) is 6.07 Å². The Kier molecular flexibility index (Phi) is 2.80. The van der Waals surface area contributed by atoms with Gasteiger partial charge in [0.15, 0.2) is 0 Å². The second-order valence-electron chi connectivity index (χ2n) is 4.47. The lowest BCUT2D eigenvalue weighted by Crippen LogP contribution is -2.07. The highest BCUT2D eigenvalue weighted by atomic mass is 16.5. The van der Waals surface area contributed by atoms with Crippen molar-refractivity contribution in [2.75, 3.05) is 20.3 Å². The number of nitrogens with zero attached hydrogens (tertiary/aromatic N) is 1. The minimum absolute atomic E-state index is 0.291. The first kappa shape index (κ1) is 11.3. The summed E-state index contributed by atoms with van der Waals surface area (Å²) in [6.07, 6.45) is 3.04. The van der Waals surface area contributed by atoms with Crippen LogP contribution >= 0.6 is 0 Å². The van der Waals surface area contributed by atoms with E-state index in [1.165, 1.54) is 7.11 Å². The van der Waals surface area contributed by atoms with Gasteiger partial charge in [0.2, 0.25) is 0 Å². The first-order valence-electron chi connectivity index (χ1n) is 6.07. The maximum absolute atomic E-state index is 11.7. The van der Waals surface area contributed by atoms with E-state index in [-0.39, 0.29) is 5.97 Å². The van der Waals surface area contributed by atoms with E-state index in [1.807, 2.05) is 24.4 Å². The van der Waals surface area contributed by atoms with E-state index in [9.17, 15) is 4.79 Å². The molecule has 1 fully saturated rings. The maximum atomic E-state index is 11.7. The monoisotopic (exact) mass is 245 g/mol. The van der Waals surface area contributed by atoms with Crippen molar-refractivity contribution in [1.82, 2.24) is 4.57 Å². The minimum Gasteiger partial charge on any atom is -0.465 e. The highest BCUT2D eigenvalue weighted by Gasteiger charge is 2.20. The lowest BCUT2D eigenvalue weighted by Gasteiger charge is -2.12. The molecule has 2 heterocycles. The number of carbonyl (C=O) groups is 1. The minimum atomic E-state index is -0.291. The summed E-state index contributed by atoms with van der Waals surface area (Å²) in [7, 11) is 1.41. The highest BCUT2D eigenvalue weighted by Crippen LogP contribution is 2.27. The van der Waals surface area contributed by atoms with Gasteiger partial charge in [-0.3, -0.25) is 0 Å². The Morgan fingerprint density at radius 2 is 2.33 bits per heavy atom. The van der Waals surface area contributed by atoms with Crippen LogP contribution in [0.1, 0.15) is 22.8 Å². The van der Waals surface area contributed by atoms with Gasteiger partial charge in [-0.15, -0.1) is 0 Å². The van der Waals surface area contributed by atoms with Crippen LogP contribution in [0, 0.1) is 0 Å². The molecule has 1 saturated heterocycles. The molecule has 1 atom stereocenters. The highest BCUT2D eigenvalue weighted by molar-refractivity contribution is 6.03. The van der Waals surface area contributed by atoms with E-state index in [0.717, 1.165) is 30.5 Å². The van der Waals surface area contributed by atoms with Gasteiger partial charge in [0.25, 0.3) is 0 Å². The summed E-state index contributed by atoms with van der Waals surface area (Å²) in [4.78, 5) is 11.7. The van der Waals surface area contributed by atoms with Crippen LogP contribution in [0.2, 0.25) is 0 Å². The lowest BCUT2D eigenvalue weighted by molar-refractivity contribution is 0.0603. The number of aromatic nitrogens is 1. The van der Waals surface area contributed by atoms with Crippen LogP contribution in [0.3, 0.4) is 0 Å². The molecular weight excluding hydrogens is 230 g/mol. The standard InChI is InChI=1S/C14H15NO3/c1-17-14(16)12-3-2-4-13-11(12)5-7-15(13)10-6-8-18-9-10/h2-5,7,10H,6,8-9H2,1H3. The molecule has 94 valence electrons. The lowest BCUT2D eigenvalue weighted by atomic mass is 10.1. The second-order valence-corrected chi connectivity index (χ2v) is 4.47. The van der Waals surface area contributed by atoms with Gasteiger partial charge in [-0.05, 0) is 24.6 Å². The fourth-order valence-electron chi connectivity index (χ4n) is 2.54. The third kappa shape index (κ3) is 1.69. The summed E-state index contributed by atoms with van der Waals surface area (Å²) < 4.78 is 12.4. The molecule has 0 N–H and O–H groups in total. The van der Waals surface area contributed by atoms with Crippen molar-refractivity contribution in [2.45, 2.75) is 12.5 Å². The van der Waals surface area contributed by atoms with Gasteiger partial charge >= 0.3 is 5.97 Å². The Bertz CT molecular complexity index is 582. The Morgan fingerprint density at radius 3 is 3.06 bits per heavy atom. The molecule has 0 amide bonds. The number of esters is 1. The predicted molar refractivity (Wildman–Crippen MR) is 67.8 cm³/mol. The molecule has 1 unspecified atom stereocenters. The first-order valence-corrected chi connectivity index (χ1v) is 6.07. The first-order chi connectivity index (χ1) is 8.81. The summed E-state index contributed by atoms with van der Waals surface area (Å²) in [5, 5.41) is 0.941. The van der Waals surface area contributed by atoms with Crippen molar-refractivity contribution in [1.29, 1.82) is 0 Å². The van der Waals surface area contributed by atoms with Crippen molar-refractivity contribution in [3.05, 3.63) is 36.0 Å². The summed E-state index contributed by atoms with van der Waals surface area (Å²) in [6, 6.07) is 8.06. The van der Waals surface area contributed by atoms with Crippen molar-refractivity contribution in [2.24, 2.45) is 0 Å². The zero-order valence-electron chi connectivity index (χ0n) is 10.3. The fraction of sp³-hybridized carbons (Fsp3) is 0.357. The number of methoxy groups -OCH3 is 1. The SMILES string of the molecule is COC(=O)c1cccc2c1ccn2C1CCOC1. The van der Waals surface area contributed by atoms with Gasteiger partial charge < -0.3 is 14.0 Å². The molecule has 18 heavy (non-hydrogen) atoms. The van der Waals surface area contributed by atoms with Gasteiger partial charge in [0, 0.05) is 23.7 Å². The molecule has 0 spiro atoms. The van der Waals surface area contributed by atoms with Crippen molar-refractivity contribution < 1.29 is 14.3 Å². The van der Waals surface area contributed by atoms with Crippen LogP contribution in [0.15, 0.2) is 30.5 Å². The molecule has 2 aromatic rings. The molecule has 0 saturated carbocycles. The molecular formula is C14H15NO3. The number of fused-ring (bicyclic) bond motifs is 1. The topological polar surface area (TPSA) is 40.5 Å². The summed E-state index contributed by atoms with van der Waals surface area (Å²) in [5.74, 6) is -0.291. The average molecular weight is 245 g/mol. The molecule has 0 radical (unpaired) electrons. The Balaban J connectivity index is 2.11. The van der Waals surface area contributed by atoms with Crippen LogP contribution in [0.25, 0.3) is 10.9 Å². The van der Waals surface area contributed by atoms with Crippen molar-refractivity contribution in [3.63, 3.8) is 0 Å². The molecule has 3 rings (SSSR count). The van der Waals surface area contributed by atoms with Gasteiger partial charge in [-0.25, -0.2) is 4.79 Å². The zero-order chi connectivity index (χ0) is 12.5. The van der Waals surface area contributed by atoms with E-state index in [4.69, 9.17) is 9.47 Å². The van der Waals surface area contributed by atoms with Crippen LogP contribution in [-0.2, 0) is 9.47 Å². The third-order valence-corrected chi connectivity index (χ3v) is 3.47. The van der Waals surface area contributed by atoms with E-state index >= 15 is 0 Å². The smallest absolute Gasteiger partial charge is 0.338 e. The Morgan fingerprint density at radius 1 is 1.44 bits per heavy atom. The molecule has 1 aromatic heterocycles. The van der Waals surface area contributed by atoms with E-state index in [1.54, 1.807) is 6.07 Å². The molecule has 1 aliphatic heterocycles. The van der Waals surface area contributed by atoms with Crippen molar-refractivity contribution in [3.8, 4) is 0 Å². The number of benzene rings is 1. The fourth-order valence-corrected chi connectivity index (χ4v) is 2.54. The number of carbonyl (C=O) groups excluding carboxylic acids is 1. The Hall–Kier alpha value is -1.81. The molecule has 1 aliphatic rings. The van der Waals surface area contributed by atoms with E-state index in [2.05, 4.69) is 4.57 Å². The number of rotatable bonds is 2. The van der Waals surface area contributed by atoms with Gasteiger partial charge in [0.1, 0.15) is 0 Å². The van der Waals surface area contributed by atoms with Crippen LogP contribution in [0.5, 0.6) is 0 Å². The number of hydrogen-bond donors (Lipinski definition) is 0. The van der Waals surface area contributed by atoms with Crippen LogP contribution < -0.4 is 0 Å². The van der Waals surface area contributed by atoms with Crippen LogP contribution in [0.4, 0.5) is 0 Å². The van der Waals surface area contributed by atoms with E-state index in [0.29, 0.717) is 11.6 Å². The van der Waals surface area contributed by atoms with Crippen LogP contribution in [-0.4, -0.2) is 30.9 Å². The van der Waals surface area contributed by atoms with Crippen molar-refractivity contribution >= 4 is 16.9 Å². The third-order valence-electron chi connectivity index (χ3n) is 3.47. The van der Waals surface area contributed by atoms with E-state index < -0.39 is 0 Å². The summed E-state index contributed by atoms with van der Waals surface area (Å²) in [6.45, 7) is 1.55. The maximum Gasteiger partial charge on any atom is 0.338 e. The summed E-state index contributed by atoms with van der Waals surface area (Å²) in [5.41, 5.74) is 1.68. The summed E-state index contributed by atoms with van der Waals surface area (Å²) >= 11 is 0. The molecule has 4 nitrogen and oxygen atoms in total. The van der Waals surface area contributed by atoms with Gasteiger partial charge in [0.05, 0.1) is 25.3 Å². The molecule has 0 bridgehead atoms. The predicted octanol–water partition coefficient (Wildman–Crippen LogP) is 2.39. The Labute approximate surface area is 105 Å². The quantitative estimate of drug-likeness (QED) is 0.763. The van der Waals surface area contributed by atoms with Gasteiger partial charge in [-0.2, -0.15) is 0 Å². The molecule has 0 aliphatic carbocycles. The number of hydrogen-bond acceptors (Lipinski definition) is 3. The number of ether oxygens (including phenoxy) is 2. The average Bonchev–Trinajstić information content (AvgIpc) is 3.05. The molecule has 4 heteroatoms. The second kappa shape index (κ2) is 4.46. The molecule has 1 aromatic carbocycles. The largest absolute Gasteiger partial charge is 0.465 e. The normalized spacial score (nSPS) is 19.3. The zero-order valence-corrected chi connectivity index (χ0v) is 10.3.